The standard InChI is InChI=1S/C3H7NO2.C3H5NO/c4-3(6)1-2-5;4-2-1-3-5/h5H,1-2H2,(H2,4,6);5H,1,3H2. The normalized spacial score (nSPS) is 7.36. The largest absolute Gasteiger partial charge is 0.396 e. The molecule has 0 saturated heterocycles. The highest BCUT2D eigenvalue weighted by molar-refractivity contribution is 5.73. The van der Waals surface area contributed by atoms with E-state index >= 15 is 0 Å². The third-order valence-electron chi connectivity index (χ3n) is 0.582. The fraction of sp³-hybridized carbons (Fsp3) is 0.667. The van der Waals surface area contributed by atoms with E-state index < -0.39 is 5.91 Å². The number of rotatable bonds is 3. The van der Waals surface area contributed by atoms with Gasteiger partial charge in [0, 0.05) is 6.42 Å². The molecule has 0 atom stereocenters. The molecule has 0 saturated carbocycles. The summed E-state index contributed by atoms with van der Waals surface area (Å²) in [6.45, 7) is -0.161. The lowest BCUT2D eigenvalue weighted by molar-refractivity contribution is -0.118. The Morgan fingerprint density at radius 3 is 2.00 bits per heavy atom. The van der Waals surface area contributed by atoms with Gasteiger partial charge in [0.1, 0.15) is 0 Å². The third kappa shape index (κ3) is 27.9. The van der Waals surface area contributed by atoms with Crippen molar-refractivity contribution in [2.45, 2.75) is 12.8 Å². The van der Waals surface area contributed by atoms with Crippen LogP contribution in [0.15, 0.2) is 0 Å². The minimum Gasteiger partial charge on any atom is -0.396 e. The average molecular weight is 160 g/mol. The molecule has 11 heavy (non-hydrogen) atoms. The Balaban J connectivity index is 0. The Labute approximate surface area is 65.1 Å². The SMILES string of the molecule is N#CCCO.NC(=O)CCO. The molecule has 64 valence electrons. The van der Waals surface area contributed by atoms with Crippen LogP contribution in [0.5, 0.6) is 0 Å². The molecule has 5 nitrogen and oxygen atoms in total. The molecule has 4 N–H and O–H groups in total. The van der Waals surface area contributed by atoms with E-state index in [2.05, 4.69) is 5.73 Å². The van der Waals surface area contributed by atoms with Gasteiger partial charge in [-0.15, -0.1) is 0 Å². The molecule has 0 aliphatic heterocycles. The molecule has 5 heteroatoms. The molecule has 0 aliphatic carbocycles. The topological polar surface area (TPSA) is 107 Å². The van der Waals surface area contributed by atoms with E-state index in [-0.39, 0.29) is 26.1 Å². The number of amides is 1. The number of hydrogen-bond acceptors (Lipinski definition) is 4. The number of carbonyl (C=O) groups excluding carboxylic acids is 1. The zero-order valence-electron chi connectivity index (χ0n) is 6.16. The van der Waals surface area contributed by atoms with Crippen LogP contribution in [0.4, 0.5) is 0 Å². The van der Waals surface area contributed by atoms with Crippen molar-refractivity contribution >= 4 is 5.91 Å². The molecular weight excluding hydrogens is 148 g/mol. The van der Waals surface area contributed by atoms with E-state index in [1.54, 1.807) is 6.07 Å². The molecule has 0 rings (SSSR count). The van der Waals surface area contributed by atoms with Gasteiger partial charge in [-0.1, -0.05) is 0 Å². The summed E-state index contributed by atoms with van der Waals surface area (Å²) in [4.78, 5) is 9.66. The molecular formula is C6H12N2O3. The molecule has 0 aliphatic rings. The Kier molecular flexibility index (Phi) is 13.3. The van der Waals surface area contributed by atoms with Crippen LogP contribution in [0.1, 0.15) is 12.8 Å². The van der Waals surface area contributed by atoms with E-state index in [1.807, 2.05) is 0 Å². The smallest absolute Gasteiger partial charge is 0.219 e. The quantitative estimate of drug-likeness (QED) is 0.479. The summed E-state index contributed by atoms with van der Waals surface area (Å²) in [5.74, 6) is -0.461. The molecule has 0 bridgehead atoms. The molecule has 0 aromatic carbocycles. The maximum atomic E-state index is 9.66. The summed E-state index contributed by atoms with van der Waals surface area (Å²) < 4.78 is 0. The predicted molar refractivity (Wildman–Crippen MR) is 38.2 cm³/mol. The van der Waals surface area contributed by atoms with Gasteiger partial charge in [0.2, 0.25) is 5.91 Å². The highest BCUT2D eigenvalue weighted by atomic mass is 16.3. The Morgan fingerprint density at radius 1 is 1.45 bits per heavy atom. The number of nitrogens with two attached hydrogens (primary N) is 1. The molecule has 0 aromatic heterocycles. The lowest BCUT2D eigenvalue weighted by Gasteiger charge is -1.81. The van der Waals surface area contributed by atoms with Crippen LogP contribution in [0.3, 0.4) is 0 Å². The highest BCUT2D eigenvalue weighted by Gasteiger charge is 1.85. The number of nitriles is 1. The van der Waals surface area contributed by atoms with Gasteiger partial charge in [-0.3, -0.25) is 4.79 Å². The number of aliphatic hydroxyl groups is 2. The second-order valence-electron chi connectivity index (χ2n) is 1.57. The van der Waals surface area contributed by atoms with Crippen molar-refractivity contribution in [2.75, 3.05) is 13.2 Å². The summed E-state index contributed by atoms with van der Waals surface area (Å²) in [7, 11) is 0. The van der Waals surface area contributed by atoms with E-state index in [1.165, 1.54) is 0 Å². The van der Waals surface area contributed by atoms with Gasteiger partial charge in [0.25, 0.3) is 0 Å². The van der Waals surface area contributed by atoms with Crippen LogP contribution in [-0.4, -0.2) is 29.3 Å². The van der Waals surface area contributed by atoms with Gasteiger partial charge in [0.05, 0.1) is 25.7 Å². The first-order valence-electron chi connectivity index (χ1n) is 3.06. The van der Waals surface area contributed by atoms with Crippen LogP contribution >= 0.6 is 0 Å². The van der Waals surface area contributed by atoms with Crippen LogP contribution < -0.4 is 5.73 Å². The van der Waals surface area contributed by atoms with Crippen molar-refractivity contribution in [2.24, 2.45) is 5.73 Å². The molecule has 0 heterocycles. The lowest BCUT2D eigenvalue weighted by atomic mass is 10.4. The fourth-order valence-corrected chi connectivity index (χ4v) is 0.160. The van der Waals surface area contributed by atoms with E-state index in [0.29, 0.717) is 0 Å². The van der Waals surface area contributed by atoms with Crippen LogP contribution in [0, 0.1) is 11.3 Å². The molecule has 0 spiro atoms. The lowest BCUT2D eigenvalue weighted by Crippen LogP contribution is -2.11. The molecule has 0 aromatic rings. The summed E-state index contributed by atoms with van der Waals surface area (Å²) >= 11 is 0. The number of aliphatic hydroxyl groups excluding tert-OH is 2. The molecule has 0 radical (unpaired) electrons. The van der Waals surface area contributed by atoms with Gasteiger partial charge in [-0.2, -0.15) is 5.26 Å². The van der Waals surface area contributed by atoms with Gasteiger partial charge in [-0.25, -0.2) is 0 Å². The Morgan fingerprint density at radius 2 is 2.00 bits per heavy atom. The van der Waals surface area contributed by atoms with Crippen molar-refractivity contribution < 1.29 is 15.0 Å². The van der Waals surface area contributed by atoms with Crippen LogP contribution in [0.25, 0.3) is 0 Å². The first kappa shape index (κ1) is 12.5. The molecule has 0 fully saturated rings. The van der Waals surface area contributed by atoms with Gasteiger partial charge in [-0.05, 0) is 0 Å². The minimum atomic E-state index is -0.461. The van der Waals surface area contributed by atoms with Crippen molar-refractivity contribution in [3.63, 3.8) is 0 Å². The van der Waals surface area contributed by atoms with E-state index in [9.17, 15) is 4.79 Å². The predicted octanol–water partition coefficient (Wildman–Crippen LogP) is -1.25. The van der Waals surface area contributed by atoms with Crippen molar-refractivity contribution in [3.05, 3.63) is 0 Å². The molecule has 1 amide bonds. The number of nitrogens with zero attached hydrogens (tertiary/aromatic N) is 1. The summed E-state index contributed by atoms with van der Waals surface area (Å²) in [6.07, 6.45) is 0.319. The first-order chi connectivity index (χ1) is 5.18. The monoisotopic (exact) mass is 160 g/mol. The third-order valence-corrected chi connectivity index (χ3v) is 0.582. The maximum Gasteiger partial charge on any atom is 0.219 e. The van der Waals surface area contributed by atoms with E-state index in [4.69, 9.17) is 15.5 Å². The summed E-state index contributed by atoms with van der Waals surface area (Å²) in [5.41, 5.74) is 4.60. The van der Waals surface area contributed by atoms with Gasteiger partial charge in [0.15, 0.2) is 0 Å². The van der Waals surface area contributed by atoms with Crippen LogP contribution in [-0.2, 0) is 4.79 Å². The average Bonchev–Trinajstić information content (AvgIpc) is 1.90. The number of carbonyl (C=O) groups is 1. The highest BCUT2D eigenvalue weighted by Crippen LogP contribution is 1.66. The zero-order valence-corrected chi connectivity index (χ0v) is 6.16. The minimum absolute atomic E-state index is 0.0174. The van der Waals surface area contributed by atoms with Gasteiger partial charge >= 0.3 is 0 Å². The maximum absolute atomic E-state index is 9.66. The summed E-state index contributed by atoms with van der Waals surface area (Å²) in [5, 5.41) is 23.4. The second kappa shape index (κ2) is 11.6. The van der Waals surface area contributed by atoms with Crippen molar-refractivity contribution in [3.8, 4) is 6.07 Å². The first-order valence-corrected chi connectivity index (χ1v) is 3.06. The van der Waals surface area contributed by atoms with Crippen molar-refractivity contribution in [1.82, 2.24) is 0 Å². The Bertz CT molecular complexity index is 130. The fourth-order valence-electron chi connectivity index (χ4n) is 0.160. The zero-order chi connectivity index (χ0) is 9.11. The Hall–Kier alpha value is -1.12. The molecule has 0 unspecified atom stereocenters. The second-order valence-corrected chi connectivity index (χ2v) is 1.57. The van der Waals surface area contributed by atoms with Crippen LogP contribution in [0.2, 0.25) is 0 Å². The number of hydrogen-bond donors (Lipinski definition) is 3. The van der Waals surface area contributed by atoms with Gasteiger partial charge < -0.3 is 15.9 Å². The summed E-state index contributed by atoms with van der Waals surface area (Å²) in [6, 6.07) is 1.77. The number of primary amides is 1. The van der Waals surface area contributed by atoms with Crippen molar-refractivity contribution in [1.29, 1.82) is 5.26 Å². The van der Waals surface area contributed by atoms with E-state index in [0.717, 1.165) is 0 Å².